The van der Waals surface area contributed by atoms with Crippen LogP contribution >= 0.6 is 0 Å². The molecule has 0 radical (unpaired) electrons. The fourth-order valence-electron chi connectivity index (χ4n) is 4.07. The van der Waals surface area contributed by atoms with Gasteiger partial charge in [0, 0.05) is 36.2 Å². The monoisotopic (exact) mass is 504 g/mol. The van der Waals surface area contributed by atoms with Gasteiger partial charge in [0.25, 0.3) is 11.4 Å². The third-order valence-electron chi connectivity index (χ3n) is 5.69. The quantitative estimate of drug-likeness (QED) is 0.396. The summed E-state index contributed by atoms with van der Waals surface area (Å²) in [6.07, 6.45) is -1.72. The Labute approximate surface area is 204 Å². The number of nitrogens with one attached hydrogen (secondary N) is 1. The second-order valence-electron chi connectivity index (χ2n) is 7.96. The van der Waals surface area contributed by atoms with Crippen LogP contribution in [0, 0.1) is 20.2 Å². The number of amides is 2. The van der Waals surface area contributed by atoms with E-state index in [1.54, 1.807) is 13.0 Å². The fourth-order valence-corrected chi connectivity index (χ4v) is 4.07. The largest absolute Gasteiger partial charge is 0.493 e. The third-order valence-corrected chi connectivity index (χ3v) is 5.69. The van der Waals surface area contributed by atoms with E-state index in [-0.39, 0.29) is 25.0 Å². The lowest BCUT2D eigenvalue weighted by Crippen LogP contribution is -2.46. The molecule has 0 aliphatic carbocycles. The molecule has 2 aromatic carbocycles. The van der Waals surface area contributed by atoms with Crippen LogP contribution in [-0.2, 0) is 11.2 Å². The number of carbonyl (C=O) groups excluding carboxylic acids is 1. The minimum atomic E-state index is -1.16. The van der Waals surface area contributed by atoms with Crippen LogP contribution in [0.3, 0.4) is 0 Å². The molecule has 0 saturated heterocycles. The van der Waals surface area contributed by atoms with Crippen molar-refractivity contribution in [2.45, 2.75) is 31.8 Å². The Bertz CT molecular complexity index is 1170. The summed E-state index contributed by atoms with van der Waals surface area (Å²) in [7, 11) is 2.85. The molecular formula is C22H24N4O10. The van der Waals surface area contributed by atoms with Gasteiger partial charge in [0.2, 0.25) is 0 Å². The lowest BCUT2D eigenvalue weighted by Gasteiger charge is -2.38. The molecule has 0 saturated carbocycles. The van der Waals surface area contributed by atoms with Crippen molar-refractivity contribution in [1.29, 1.82) is 0 Å². The van der Waals surface area contributed by atoms with Crippen molar-refractivity contribution < 1.29 is 38.8 Å². The van der Waals surface area contributed by atoms with Crippen molar-refractivity contribution in [1.82, 2.24) is 5.32 Å². The van der Waals surface area contributed by atoms with Crippen molar-refractivity contribution in [3.63, 3.8) is 0 Å². The van der Waals surface area contributed by atoms with Crippen LogP contribution in [0.25, 0.3) is 0 Å². The highest BCUT2D eigenvalue weighted by molar-refractivity contribution is 5.90. The van der Waals surface area contributed by atoms with Gasteiger partial charge in [0.05, 0.1) is 48.5 Å². The first kappa shape index (κ1) is 26.0. The number of ether oxygens (including phenoxy) is 3. The van der Waals surface area contributed by atoms with Crippen LogP contribution in [0.5, 0.6) is 11.5 Å². The minimum Gasteiger partial charge on any atom is -0.493 e. The van der Waals surface area contributed by atoms with Gasteiger partial charge in [0.1, 0.15) is 0 Å². The Balaban J connectivity index is 1.75. The highest BCUT2D eigenvalue weighted by Crippen LogP contribution is 2.43. The van der Waals surface area contributed by atoms with E-state index in [4.69, 9.17) is 14.2 Å². The summed E-state index contributed by atoms with van der Waals surface area (Å²) in [4.78, 5) is 46.2. The van der Waals surface area contributed by atoms with Gasteiger partial charge >= 0.3 is 12.2 Å². The van der Waals surface area contributed by atoms with Crippen LogP contribution in [0.2, 0.25) is 0 Å². The lowest BCUT2D eigenvalue weighted by atomic mass is 9.91. The van der Waals surface area contributed by atoms with Gasteiger partial charge in [-0.1, -0.05) is 0 Å². The van der Waals surface area contributed by atoms with Crippen molar-refractivity contribution in [3.8, 4) is 11.5 Å². The second-order valence-corrected chi connectivity index (χ2v) is 7.96. The summed E-state index contributed by atoms with van der Waals surface area (Å²) < 4.78 is 15.8. The molecule has 0 fully saturated rings. The molecule has 0 aromatic heterocycles. The van der Waals surface area contributed by atoms with Crippen LogP contribution in [0.15, 0.2) is 30.3 Å². The van der Waals surface area contributed by atoms with Crippen molar-refractivity contribution in [2.24, 2.45) is 0 Å². The van der Waals surface area contributed by atoms with Gasteiger partial charge < -0.3 is 24.6 Å². The number of carboxylic acid groups (broad SMARTS) is 1. The van der Waals surface area contributed by atoms with E-state index >= 15 is 0 Å². The van der Waals surface area contributed by atoms with Crippen molar-refractivity contribution in [3.05, 3.63) is 61.7 Å². The number of non-ortho nitro benzene ring substituents is 2. The average molecular weight is 504 g/mol. The highest BCUT2D eigenvalue weighted by Gasteiger charge is 2.36. The van der Waals surface area contributed by atoms with E-state index < -0.39 is 45.5 Å². The number of methoxy groups -OCH3 is 2. The number of nitrogens with zero attached hydrogens (tertiary/aromatic N) is 3. The molecule has 2 unspecified atom stereocenters. The Morgan fingerprint density at radius 3 is 2.17 bits per heavy atom. The summed E-state index contributed by atoms with van der Waals surface area (Å²) in [6.45, 7) is 1.50. The molecule has 2 atom stereocenters. The maximum Gasteiger partial charge on any atom is 0.412 e. The number of nitro groups is 2. The Kier molecular flexibility index (Phi) is 7.77. The molecule has 2 amide bonds. The van der Waals surface area contributed by atoms with Gasteiger partial charge in [-0.2, -0.15) is 0 Å². The second kappa shape index (κ2) is 10.8. The number of fused-ring (bicyclic) bond motifs is 1. The van der Waals surface area contributed by atoms with Crippen LogP contribution in [0.1, 0.15) is 30.5 Å². The number of rotatable bonds is 8. The molecule has 1 aliphatic rings. The van der Waals surface area contributed by atoms with Crippen molar-refractivity contribution in [2.75, 3.05) is 25.7 Å². The minimum absolute atomic E-state index is 0.00537. The zero-order valence-electron chi connectivity index (χ0n) is 19.6. The molecule has 2 N–H and O–H groups in total. The fraction of sp³-hybridized carbons (Fsp3) is 0.364. The normalized spacial score (nSPS) is 16.5. The lowest BCUT2D eigenvalue weighted by molar-refractivity contribution is -0.394. The molecule has 14 heteroatoms. The number of benzene rings is 2. The summed E-state index contributed by atoms with van der Waals surface area (Å²) in [6, 6.07) is 5.21. The summed E-state index contributed by atoms with van der Waals surface area (Å²) >= 11 is 0. The number of alkyl carbamates (subject to hydrolysis) is 1. The molecule has 1 aliphatic heterocycles. The Hall–Kier alpha value is -4.62. The predicted octanol–water partition coefficient (Wildman–Crippen LogP) is 3.81. The first-order valence-electron chi connectivity index (χ1n) is 10.7. The van der Waals surface area contributed by atoms with Gasteiger partial charge in [-0.15, -0.1) is 0 Å². The maximum atomic E-state index is 12.5. The number of hydrogen-bond acceptors (Lipinski definition) is 9. The first-order chi connectivity index (χ1) is 17.0. The highest BCUT2D eigenvalue weighted by atomic mass is 16.6. The van der Waals surface area contributed by atoms with E-state index in [0.29, 0.717) is 22.7 Å². The molecule has 0 spiro atoms. The van der Waals surface area contributed by atoms with E-state index in [1.165, 1.54) is 37.3 Å². The summed E-state index contributed by atoms with van der Waals surface area (Å²) in [5, 5.41) is 34.5. The molecule has 36 heavy (non-hydrogen) atoms. The average Bonchev–Trinajstić information content (AvgIpc) is 2.82. The van der Waals surface area contributed by atoms with Crippen LogP contribution in [0.4, 0.5) is 26.7 Å². The Morgan fingerprint density at radius 2 is 1.64 bits per heavy atom. The number of hydrogen-bond donors (Lipinski definition) is 2. The van der Waals surface area contributed by atoms with Gasteiger partial charge in [-0.25, -0.2) is 9.59 Å². The predicted molar refractivity (Wildman–Crippen MR) is 125 cm³/mol. The van der Waals surface area contributed by atoms with Crippen LogP contribution in [-0.4, -0.2) is 54.0 Å². The SMILES string of the molecule is COc1cc2c(cc1OC)N(C(=O)O)C(C)CC2NC(=O)OCCc1cc([N+](=O)[O-])cc([N+](=O)[O-])c1. The maximum absolute atomic E-state index is 12.5. The van der Waals surface area contributed by atoms with E-state index in [9.17, 15) is 34.9 Å². The molecule has 3 rings (SSSR count). The summed E-state index contributed by atoms with van der Waals surface area (Å²) in [5.41, 5.74) is 0.189. The van der Waals surface area contributed by atoms with Crippen LogP contribution < -0.4 is 19.7 Å². The topological polar surface area (TPSA) is 184 Å². The molecule has 192 valence electrons. The third kappa shape index (κ3) is 5.54. The molecule has 14 nitrogen and oxygen atoms in total. The zero-order chi connectivity index (χ0) is 26.6. The molecular weight excluding hydrogens is 480 g/mol. The van der Waals surface area contributed by atoms with E-state index in [2.05, 4.69) is 5.32 Å². The number of carbonyl (C=O) groups is 2. The molecule has 2 aromatic rings. The van der Waals surface area contributed by atoms with Crippen molar-refractivity contribution >= 4 is 29.2 Å². The summed E-state index contributed by atoms with van der Waals surface area (Å²) in [5.74, 6) is 0.674. The molecule has 1 heterocycles. The van der Waals surface area contributed by atoms with E-state index in [1.807, 2.05) is 0 Å². The Morgan fingerprint density at radius 1 is 1.06 bits per heavy atom. The smallest absolute Gasteiger partial charge is 0.412 e. The number of nitro benzene ring substituents is 2. The van der Waals surface area contributed by atoms with E-state index in [0.717, 1.165) is 6.07 Å². The number of anilines is 1. The zero-order valence-corrected chi connectivity index (χ0v) is 19.6. The molecule has 0 bridgehead atoms. The van der Waals surface area contributed by atoms with Gasteiger partial charge in [-0.05, 0) is 25.0 Å². The first-order valence-corrected chi connectivity index (χ1v) is 10.7. The standard InChI is InChI=1S/C22H24N4O10/c1-12-6-17(16-10-19(34-2)20(35-3)11-18(16)24(12)22(28)29)23-21(27)36-5-4-13-7-14(25(30)31)9-15(8-13)26(32)33/h7-12,17H,4-6H2,1-3H3,(H,23,27)(H,28,29). The van der Waals surface area contributed by atoms with Gasteiger partial charge in [0.15, 0.2) is 11.5 Å². The van der Waals surface area contributed by atoms with Gasteiger partial charge in [-0.3, -0.25) is 25.1 Å².